The number of amides is 1. The van der Waals surface area contributed by atoms with Gasteiger partial charge < -0.3 is 5.32 Å². The van der Waals surface area contributed by atoms with Crippen LogP contribution in [0.3, 0.4) is 0 Å². The van der Waals surface area contributed by atoms with E-state index in [1.807, 2.05) is 0 Å². The summed E-state index contributed by atoms with van der Waals surface area (Å²) >= 11 is 10.9. The minimum absolute atomic E-state index is 0.119. The quantitative estimate of drug-likeness (QED) is 0.587. The number of carbonyl (C=O) groups is 1. The second-order valence-electron chi connectivity index (χ2n) is 2.02. The maximum atomic E-state index is 12.8. The van der Waals surface area contributed by atoms with Crippen molar-refractivity contribution in [3.8, 4) is 0 Å². The Morgan fingerprint density at radius 3 is 2.25 bits per heavy atom. The fraction of sp³-hybridized carbons (Fsp3) is 0. The Hall–Kier alpha value is -0.800. The third-order valence-corrected chi connectivity index (χ3v) is 1.76. The molecule has 1 aromatic rings. The Kier molecular flexibility index (Phi) is 2.89. The highest BCUT2D eigenvalue weighted by molar-refractivity contribution is 6.35. The van der Waals surface area contributed by atoms with E-state index in [4.69, 9.17) is 23.2 Å². The number of benzene rings is 1. The molecule has 64 valence electrons. The van der Waals surface area contributed by atoms with Crippen LogP contribution >= 0.6 is 23.2 Å². The van der Waals surface area contributed by atoms with Gasteiger partial charge in [-0.25, -0.2) is 4.39 Å². The Bertz CT molecular complexity index is 293. The lowest BCUT2D eigenvalue weighted by Gasteiger charge is -2.01. The van der Waals surface area contributed by atoms with E-state index in [1.54, 1.807) is 0 Å². The van der Waals surface area contributed by atoms with Gasteiger partial charge in [0.15, 0.2) is 5.82 Å². The maximum Gasteiger partial charge on any atom is 0.211 e. The van der Waals surface area contributed by atoms with Gasteiger partial charge in [-0.3, -0.25) is 4.79 Å². The average molecular weight is 208 g/mol. The summed E-state index contributed by atoms with van der Waals surface area (Å²) in [6.45, 7) is 0. The Balaban J connectivity index is 3.11. The van der Waals surface area contributed by atoms with Gasteiger partial charge in [0.1, 0.15) is 0 Å². The number of hydrogen-bond donors (Lipinski definition) is 1. The van der Waals surface area contributed by atoms with Gasteiger partial charge in [-0.15, -0.1) is 0 Å². The van der Waals surface area contributed by atoms with Crippen molar-refractivity contribution < 1.29 is 9.18 Å². The molecular formula is C7H4Cl2FNO. The third-order valence-electron chi connectivity index (χ3n) is 1.21. The van der Waals surface area contributed by atoms with Crippen molar-refractivity contribution in [3.05, 3.63) is 28.0 Å². The average Bonchev–Trinajstić information content (AvgIpc) is 2.01. The zero-order valence-corrected chi connectivity index (χ0v) is 7.29. The van der Waals surface area contributed by atoms with E-state index in [0.29, 0.717) is 12.1 Å². The highest BCUT2D eigenvalue weighted by Gasteiger charge is 2.06. The molecule has 0 saturated carbocycles. The first-order valence-corrected chi connectivity index (χ1v) is 3.75. The van der Waals surface area contributed by atoms with Gasteiger partial charge in [-0.2, -0.15) is 0 Å². The summed E-state index contributed by atoms with van der Waals surface area (Å²) in [4.78, 5) is 9.99. The van der Waals surface area contributed by atoms with Gasteiger partial charge in [-0.1, -0.05) is 23.2 Å². The van der Waals surface area contributed by atoms with Crippen LogP contribution in [-0.4, -0.2) is 6.41 Å². The van der Waals surface area contributed by atoms with Gasteiger partial charge in [-0.05, 0) is 12.1 Å². The summed E-state index contributed by atoms with van der Waals surface area (Å²) in [5.74, 6) is -0.685. The molecule has 12 heavy (non-hydrogen) atoms. The summed E-state index contributed by atoms with van der Waals surface area (Å²) in [6.07, 6.45) is 0.458. The maximum absolute atomic E-state index is 12.8. The SMILES string of the molecule is O=CNc1cc(Cl)c(F)c(Cl)c1. The van der Waals surface area contributed by atoms with Gasteiger partial charge in [0.25, 0.3) is 0 Å². The molecule has 0 bridgehead atoms. The van der Waals surface area contributed by atoms with Crippen molar-refractivity contribution >= 4 is 35.3 Å². The van der Waals surface area contributed by atoms with E-state index in [2.05, 4.69) is 5.32 Å². The van der Waals surface area contributed by atoms with Crippen molar-refractivity contribution in [2.75, 3.05) is 5.32 Å². The summed E-state index contributed by atoms with van der Waals surface area (Å²) < 4.78 is 12.8. The van der Waals surface area contributed by atoms with E-state index in [0.717, 1.165) is 0 Å². The Morgan fingerprint density at radius 1 is 1.33 bits per heavy atom. The molecule has 0 unspecified atom stereocenters. The Morgan fingerprint density at radius 2 is 1.83 bits per heavy atom. The van der Waals surface area contributed by atoms with Crippen LogP contribution in [0.5, 0.6) is 0 Å². The van der Waals surface area contributed by atoms with E-state index in [-0.39, 0.29) is 10.0 Å². The van der Waals surface area contributed by atoms with Crippen molar-refractivity contribution in [2.24, 2.45) is 0 Å². The molecule has 2 nitrogen and oxygen atoms in total. The van der Waals surface area contributed by atoms with Crippen LogP contribution in [0, 0.1) is 5.82 Å². The van der Waals surface area contributed by atoms with E-state index in [9.17, 15) is 9.18 Å². The molecule has 0 aromatic heterocycles. The van der Waals surface area contributed by atoms with E-state index >= 15 is 0 Å². The summed E-state index contributed by atoms with van der Waals surface area (Å²) in [7, 11) is 0. The molecule has 0 radical (unpaired) electrons. The first-order chi connectivity index (χ1) is 5.65. The van der Waals surface area contributed by atoms with Crippen LogP contribution in [0.25, 0.3) is 0 Å². The number of carbonyl (C=O) groups excluding carboxylic acids is 1. The molecule has 1 aromatic carbocycles. The molecule has 0 aliphatic heterocycles. The predicted octanol–water partition coefficient (Wildman–Crippen LogP) is 2.70. The summed E-state index contributed by atoms with van der Waals surface area (Å²) in [5, 5.41) is 2.06. The first-order valence-electron chi connectivity index (χ1n) is 3.00. The van der Waals surface area contributed by atoms with Crippen LogP contribution in [0.1, 0.15) is 0 Å². The lowest BCUT2D eigenvalue weighted by atomic mass is 10.3. The zero-order valence-electron chi connectivity index (χ0n) is 5.77. The molecule has 0 spiro atoms. The third kappa shape index (κ3) is 1.87. The number of anilines is 1. The normalized spacial score (nSPS) is 9.58. The highest BCUT2D eigenvalue weighted by atomic mass is 35.5. The lowest BCUT2D eigenvalue weighted by molar-refractivity contribution is -0.105. The molecule has 0 saturated heterocycles. The van der Waals surface area contributed by atoms with Crippen LogP contribution in [0.4, 0.5) is 10.1 Å². The molecule has 5 heteroatoms. The number of nitrogens with one attached hydrogen (secondary N) is 1. The molecule has 1 amide bonds. The molecule has 0 atom stereocenters. The minimum Gasteiger partial charge on any atom is -0.329 e. The van der Waals surface area contributed by atoms with Gasteiger partial charge in [0, 0.05) is 5.69 Å². The van der Waals surface area contributed by atoms with E-state index in [1.165, 1.54) is 12.1 Å². The molecular weight excluding hydrogens is 204 g/mol. The minimum atomic E-state index is -0.685. The van der Waals surface area contributed by atoms with E-state index < -0.39 is 5.82 Å². The molecule has 0 heterocycles. The Labute approximate surface area is 78.3 Å². The number of rotatable bonds is 2. The zero-order chi connectivity index (χ0) is 9.14. The monoisotopic (exact) mass is 207 g/mol. The first kappa shape index (κ1) is 9.29. The summed E-state index contributed by atoms with van der Waals surface area (Å²) in [6, 6.07) is 2.55. The number of hydrogen-bond acceptors (Lipinski definition) is 1. The fourth-order valence-corrected chi connectivity index (χ4v) is 1.19. The topological polar surface area (TPSA) is 29.1 Å². The molecule has 0 aliphatic carbocycles. The highest BCUT2D eigenvalue weighted by Crippen LogP contribution is 2.26. The summed E-state index contributed by atoms with van der Waals surface area (Å²) in [5.41, 5.74) is 0.362. The van der Waals surface area contributed by atoms with Gasteiger partial charge in [0.2, 0.25) is 6.41 Å². The van der Waals surface area contributed by atoms with Crippen molar-refractivity contribution in [2.45, 2.75) is 0 Å². The predicted molar refractivity (Wildman–Crippen MR) is 46.1 cm³/mol. The molecule has 0 aliphatic rings. The fourth-order valence-electron chi connectivity index (χ4n) is 0.707. The van der Waals surface area contributed by atoms with Crippen LogP contribution in [0.15, 0.2) is 12.1 Å². The van der Waals surface area contributed by atoms with Gasteiger partial charge >= 0.3 is 0 Å². The number of halogens is 3. The van der Waals surface area contributed by atoms with Crippen molar-refractivity contribution in [1.29, 1.82) is 0 Å². The largest absolute Gasteiger partial charge is 0.329 e. The van der Waals surface area contributed by atoms with Gasteiger partial charge in [0.05, 0.1) is 10.0 Å². The second-order valence-corrected chi connectivity index (χ2v) is 2.83. The molecule has 0 fully saturated rings. The van der Waals surface area contributed by atoms with Crippen LogP contribution < -0.4 is 5.32 Å². The molecule has 1 N–H and O–H groups in total. The molecule has 1 rings (SSSR count). The van der Waals surface area contributed by atoms with Crippen molar-refractivity contribution in [1.82, 2.24) is 0 Å². The second kappa shape index (κ2) is 3.74. The standard InChI is InChI=1S/C7H4Cl2FNO/c8-5-1-4(11-3-12)2-6(9)7(5)10/h1-3H,(H,11,12). The van der Waals surface area contributed by atoms with Crippen LogP contribution in [0.2, 0.25) is 10.0 Å². The lowest BCUT2D eigenvalue weighted by Crippen LogP contribution is -1.94. The van der Waals surface area contributed by atoms with Crippen molar-refractivity contribution in [3.63, 3.8) is 0 Å². The van der Waals surface area contributed by atoms with Crippen LogP contribution in [-0.2, 0) is 4.79 Å². The smallest absolute Gasteiger partial charge is 0.211 e.